The summed E-state index contributed by atoms with van der Waals surface area (Å²) in [5, 5.41) is 2.73. The molecule has 1 heterocycles. The van der Waals surface area contributed by atoms with E-state index in [0.717, 1.165) is 4.60 Å². The smallest absolute Gasteiger partial charge is 0.239 e. The summed E-state index contributed by atoms with van der Waals surface area (Å²) in [5.74, 6) is 0.0365. The summed E-state index contributed by atoms with van der Waals surface area (Å²) in [6.45, 7) is 2.96. The van der Waals surface area contributed by atoms with Gasteiger partial charge in [0.05, 0.1) is 4.60 Å². The number of nitrogens with one attached hydrogen (secondary N) is 1. The molecule has 1 amide bonds. The highest BCUT2D eigenvalue weighted by molar-refractivity contribution is 9.10. The first-order chi connectivity index (χ1) is 5.74. The Labute approximate surface area is 79.9 Å². The quantitative estimate of drug-likeness (QED) is 0.837. The molecule has 0 aromatic carbocycles. The van der Waals surface area contributed by atoms with Crippen LogP contribution in [0.4, 0.5) is 0 Å². The van der Waals surface area contributed by atoms with Crippen molar-refractivity contribution < 1.29 is 4.79 Å². The van der Waals surface area contributed by atoms with Crippen LogP contribution >= 0.6 is 15.9 Å². The Balaban J connectivity index is 2.52. The van der Waals surface area contributed by atoms with Gasteiger partial charge < -0.3 is 9.88 Å². The molecule has 0 atom stereocenters. The molecule has 0 saturated carbocycles. The van der Waals surface area contributed by atoms with Crippen molar-refractivity contribution in [3.05, 3.63) is 22.9 Å². The molecule has 1 aromatic heterocycles. The maximum absolute atomic E-state index is 11.1. The second kappa shape index (κ2) is 4.30. The number of hydrogen-bond donors (Lipinski definition) is 1. The molecular formula is C8H11BrN2O. The SMILES string of the molecule is CCNC(=O)Cn1cccc1Br. The number of rotatable bonds is 3. The number of nitrogens with zero attached hydrogens (tertiary/aromatic N) is 1. The summed E-state index contributed by atoms with van der Waals surface area (Å²) in [6, 6.07) is 3.79. The molecule has 0 fully saturated rings. The van der Waals surface area contributed by atoms with Gasteiger partial charge in [0.2, 0.25) is 5.91 Å². The Morgan fingerprint density at radius 2 is 2.50 bits per heavy atom. The fourth-order valence-electron chi connectivity index (χ4n) is 0.929. The molecule has 0 spiro atoms. The Morgan fingerprint density at radius 3 is 3.00 bits per heavy atom. The normalized spacial score (nSPS) is 9.83. The van der Waals surface area contributed by atoms with Gasteiger partial charge in [0.15, 0.2) is 0 Å². The molecule has 0 aliphatic heterocycles. The topological polar surface area (TPSA) is 34.0 Å². The molecule has 0 aliphatic rings. The molecule has 1 rings (SSSR count). The third kappa shape index (κ3) is 2.37. The molecule has 1 N–H and O–H groups in total. The van der Waals surface area contributed by atoms with Crippen LogP contribution in [-0.4, -0.2) is 17.0 Å². The van der Waals surface area contributed by atoms with Crippen molar-refractivity contribution in [3.8, 4) is 0 Å². The van der Waals surface area contributed by atoms with E-state index in [1.165, 1.54) is 0 Å². The zero-order chi connectivity index (χ0) is 8.97. The van der Waals surface area contributed by atoms with Crippen LogP contribution in [0.2, 0.25) is 0 Å². The second-order valence-electron chi connectivity index (χ2n) is 2.41. The van der Waals surface area contributed by atoms with E-state index in [-0.39, 0.29) is 5.91 Å². The van der Waals surface area contributed by atoms with E-state index < -0.39 is 0 Å². The van der Waals surface area contributed by atoms with Crippen LogP contribution in [-0.2, 0) is 11.3 Å². The Kier molecular flexibility index (Phi) is 3.34. The van der Waals surface area contributed by atoms with Crippen LogP contribution in [0, 0.1) is 0 Å². The summed E-state index contributed by atoms with van der Waals surface area (Å²) >= 11 is 3.33. The van der Waals surface area contributed by atoms with Crippen molar-refractivity contribution in [3.63, 3.8) is 0 Å². The second-order valence-corrected chi connectivity index (χ2v) is 3.22. The van der Waals surface area contributed by atoms with Gasteiger partial charge in [0.1, 0.15) is 6.54 Å². The minimum Gasteiger partial charge on any atom is -0.355 e. The molecule has 3 nitrogen and oxygen atoms in total. The number of halogens is 1. The van der Waals surface area contributed by atoms with Crippen molar-refractivity contribution in [1.29, 1.82) is 0 Å². The van der Waals surface area contributed by atoms with Crippen LogP contribution in [0.15, 0.2) is 22.9 Å². The first-order valence-electron chi connectivity index (χ1n) is 3.81. The maximum Gasteiger partial charge on any atom is 0.239 e. The van der Waals surface area contributed by atoms with Crippen molar-refractivity contribution in [2.24, 2.45) is 0 Å². The standard InChI is InChI=1S/C8H11BrN2O/c1-2-10-8(12)6-11-5-3-4-7(11)9/h3-5H,2,6H2,1H3,(H,10,12). The van der Waals surface area contributed by atoms with E-state index in [4.69, 9.17) is 0 Å². The minimum absolute atomic E-state index is 0.0365. The highest BCUT2D eigenvalue weighted by atomic mass is 79.9. The molecule has 66 valence electrons. The van der Waals surface area contributed by atoms with Crippen molar-refractivity contribution >= 4 is 21.8 Å². The third-order valence-electron chi connectivity index (χ3n) is 1.46. The fourth-order valence-corrected chi connectivity index (χ4v) is 1.33. The van der Waals surface area contributed by atoms with Crippen molar-refractivity contribution in [2.75, 3.05) is 6.54 Å². The summed E-state index contributed by atoms with van der Waals surface area (Å²) in [5.41, 5.74) is 0. The first-order valence-corrected chi connectivity index (χ1v) is 4.60. The molecule has 12 heavy (non-hydrogen) atoms. The highest BCUT2D eigenvalue weighted by Gasteiger charge is 2.02. The van der Waals surface area contributed by atoms with Gasteiger partial charge in [-0.05, 0) is 35.0 Å². The lowest BCUT2D eigenvalue weighted by Crippen LogP contribution is -2.26. The van der Waals surface area contributed by atoms with Gasteiger partial charge in [-0.15, -0.1) is 0 Å². The number of carbonyl (C=O) groups is 1. The average molecular weight is 231 g/mol. The van der Waals surface area contributed by atoms with E-state index in [2.05, 4.69) is 21.2 Å². The predicted molar refractivity (Wildman–Crippen MR) is 50.8 cm³/mol. The lowest BCUT2D eigenvalue weighted by atomic mass is 10.5. The van der Waals surface area contributed by atoms with E-state index in [1.54, 1.807) is 0 Å². The molecule has 4 heteroatoms. The van der Waals surface area contributed by atoms with Gasteiger partial charge in [-0.25, -0.2) is 0 Å². The fraction of sp³-hybridized carbons (Fsp3) is 0.375. The zero-order valence-electron chi connectivity index (χ0n) is 6.88. The van der Waals surface area contributed by atoms with E-state index in [0.29, 0.717) is 13.1 Å². The monoisotopic (exact) mass is 230 g/mol. The van der Waals surface area contributed by atoms with Gasteiger partial charge in [-0.2, -0.15) is 0 Å². The van der Waals surface area contributed by atoms with Gasteiger partial charge in [-0.3, -0.25) is 4.79 Å². The summed E-state index contributed by atoms with van der Waals surface area (Å²) in [7, 11) is 0. The lowest BCUT2D eigenvalue weighted by molar-refractivity contribution is -0.121. The van der Waals surface area contributed by atoms with Crippen molar-refractivity contribution in [2.45, 2.75) is 13.5 Å². The summed E-state index contributed by atoms with van der Waals surface area (Å²) in [4.78, 5) is 11.1. The van der Waals surface area contributed by atoms with Gasteiger partial charge in [-0.1, -0.05) is 0 Å². The lowest BCUT2D eigenvalue weighted by Gasteiger charge is -2.04. The minimum atomic E-state index is 0.0365. The summed E-state index contributed by atoms with van der Waals surface area (Å²) < 4.78 is 2.76. The number of carbonyl (C=O) groups excluding carboxylic acids is 1. The molecular weight excluding hydrogens is 220 g/mol. The molecule has 1 aromatic rings. The van der Waals surface area contributed by atoms with Gasteiger partial charge in [0.25, 0.3) is 0 Å². The average Bonchev–Trinajstić information content (AvgIpc) is 2.37. The van der Waals surface area contributed by atoms with Crippen LogP contribution < -0.4 is 5.32 Å². The predicted octanol–water partition coefficient (Wildman–Crippen LogP) is 1.39. The number of hydrogen-bond acceptors (Lipinski definition) is 1. The molecule has 0 unspecified atom stereocenters. The molecule has 0 radical (unpaired) electrons. The first kappa shape index (κ1) is 9.32. The highest BCUT2D eigenvalue weighted by Crippen LogP contribution is 2.09. The zero-order valence-corrected chi connectivity index (χ0v) is 8.47. The molecule has 0 bridgehead atoms. The number of likely N-dealkylation sites (N-methyl/N-ethyl adjacent to an activating group) is 1. The van der Waals surface area contributed by atoms with Crippen LogP contribution in [0.25, 0.3) is 0 Å². The molecule has 0 saturated heterocycles. The number of aromatic nitrogens is 1. The number of amides is 1. The molecule has 0 aliphatic carbocycles. The Bertz CT molecular complexity index is 270. The van der Waals surface area contributed by atoms with E-state index >= 15 is 0 Å². The third-order valence-corrected chi connectivity index (χ3v) is 2.18. The van der Waals surface area contributed by atoms with Crippen LogP contribution in [0.3, 0.4) is 0 Å². The van der Waals surface area contributed by atoms with Crippen LogP contribution in [0.1, 0.15) is 6.92 Å². The van der Waals surface area contributed by atoms with Crippen molar-refractivity contribution in [1.82, 2.24) is 9.88 Å². The van der Waals surface area contributed by atoms with E-state index in [9.17, 15) is 4.79 Å². The Morgan fingerprint density at radius 1 is 1.75 bits per heavy atom. The van der Waals surface area contributed by atoms with Gasteiger partial charge >= 0.3 is 0 Å². The summed E-state index contributed by atoms with van der Waals surface area (Å²) in [6.07, 6.45) is 1.86. The Hall–Kier alpha value is -0.770. The van der Waals surface area contributed by atoms with Crippen LogP contribution in [0.5, 0.6) is 0 Å². The van der Waals surface area contributed by atoms with E-state index in [1.807, 2.05) is 29.8 Å². The largest absolute Gasteiger partial charge is 0.355 e. The maximum atomic E-state index is 11.1. The van der Waals surface area contributed by atoms with Gasteiger partial charge in [0, 0.05) is 12.7 Å².